The molecule has 0 saturated heterocycles. The molecule has 2 aromatic carbocycles. The van der Waals surface area contributed by atoms with Crippen LogP contribution in [0.2, 0.25) is 0 Å². The zero-order valence-electron chi connectivity index (χ0n) is 11.8. The average Bonchev–Trinajstić information content (AvgIpc) is 3.31. The molecule has 2 N–H and O–H groups in total. The van der Waals surface area contributed by atoms with Crippen molar-refractivity contribution in [1.29, 1.82) is 0 Å². The average molecular weight is 281 g/mol. The molecular weight excluding hydrogens is 262 g/mol. The number of rotatable bonds is 5. The zero-order valence-corrected chi connectivity index (χ0v) is 11.8. The minimum atomic E-state index is 0.0875. The Morgan fingerprint density at radius 3 is 2.48 bits per heavy atom. The second-order valence-electron chi connectivity index (χ2n) is 5.52. The Kier molecular flexibility index (Phi) is 4.02. The third-order valence-electron chi connectivity index (χ3n) is 3.98. The molecule has 2 aromatic rings. The number of aliphatic hydroxyl groups excluding tert-OH is 1. The maximum atomic E-state index is 12.2. The second kappa shape index (κ2) is 6.10. The monoisotopic (exact) mass is 281 g/mol. The summed E-state index contributed by atoms with van der Waals surface area (Å²) in [7, 11) is 0. The molecule has 21 heavy (non-hydrogen) atoms. The zero-order chi connectivity index (χ0) is 14.7. The van der Waals surface area contributed by atoms with Crippen molar-refractivity contribution in [2.75, 3.05) is 11.9 Å². The van der Waals surface area contributed by atoms with Crippen LogP contribution in [0.25, 0.3) is 0 Å². The van der Waals surface area contributed by atoms with Crippen LogP contribution in [0.4, 0.5) is 5.69 Å². The Balaban J connectivity index is 1.58. The van der Waals surface area contributed by atoms with Crippen molar-refractivity contribution in [3.8, 4) is 0 Å². The van der Waals surface area contributed by atoms with Crippen LogP contribution < -0.4 is 5.32 Å². The lowest BCUT2D eigenvalue weighted by atomic mass is 10.1. The molecule has 3 rings (SSSR count). The van der Waals surface area contributed by atoms with Gasteiger partial charge in [0, 0.05) is 18.2 Å². The van der Waals surface area contributed by atoms with E-state index in [-0.39, 0.29) is 18.4 Å². The number of aliphatic hydroxyl groups is 1. The molecule has 1 aliphatic carbocycles. The number of carbonyl (C=O) groups is 1. The molecule has 1 fully saturated rings. The highest BCUT2D eigenvalue weighted by Gasteiger charge is 2.43. The summed E-state index contributed by atoms with van der Waals surface area (Å²) >= 11 is 0. The van der Waals surface area contributed by atoms with Gasteiger partial charge in [-0.05, 0) is 42.0 Å². The second-order valence-corrected chi connectivity index (χ2v) is 5.52. The van der Waals surface area contributed by atoms with Gasteiger partial charge >= 0.3 is 0 Å². The van der Waals surface area contributed by atoms with Crippen LogP contribution in [-0.2, 0) is 11.2 Å². The van der Waals surface area contributed by atoms with E-state index < -0.39 is 0 Å². The summed E-state index contributed by atoms with van der Waals surface area (Å²) in [5, 5.41) is 11.9. The van der Waals surface area contributed by atoms with Crippen molar-refractivity contribution in [2.24, 2.45) is 5.92 Å². The molecule has 0 heterocycles. The van der Waals surface area contributed by atoms with E-state index in [9.17, 15) is 4.79 Å². The van der Waals surface area contributed by atoms with Crippen molar-refractivity contribution < 1.29 is 9.90 Å². The molecule has 1 aliphatic rings. The number of anilines is 1. The fraction of sp³-hybridized carbons (Fsp3) is 0.278. The molecule has 0 radical (unpaired) electrons. The first-order valence-corrected chi connectivity index (χ1v) is 7.33. The molecule has 1 amide bonds. The highest BCUT2D eigenvalue weighted by atomic mass is 16.2. The Morgan fingerprint density at radius 2 is 1.81 bits per heavy atom. The largest absolute Gasteiger partial charge is 0.396 e. The number of hydrogen-bond acceptors (Lipinski definition) is 2. The number of carbonyl (C=O) groups excluding carboxylic acids is 1. The Morgan fingerprint density at radius 1 is 1.10 bits per heavy atom. The van der Waals surface area contributed by atoms with Crippen LogP contribution in [0, 0.1) is 5.92 Å². The van der Waals surface area contributed by atoms with E-state index in [1.807, 2.05) is 42.5 Å². The van der Waals surface area contributed by atoms with Crippen LogP contribution in [0.5, 0.6) is 0 Å². The molecule has 0 bridgehead atoms. The first kappa shape index (κ1) is 13.8. The Bertz CT molecular complexity index is 607. The molecule has 3 heteroatoms. The van der Waals surface area contributed by atoms with Gasteiger partial charge in [-0.3, -0.25) is 4.79 Å². The summed E-state index contributed by atoms with van der Waals surface area (Å²) in [5.41, 5.74) is 3.14. The van der Waals surface area contributed by atoms with Gasteiger partial charge in [-0.1, -0.05) is 42.5 Å². The highest BCUT2D eigenvalue weighted by Crippen LogP contribution is 2.47. The minimum absolute atomic E-state index is 0.0875. The summed E-state index contributed by atoms with van der Waals surface area (Å²) in [6.45, 7) is 0.145. The summed E-state index contributed by atoms with van der Waals surface area (Å²) in [6, 6.07) is 17.9. The number of amides is 1. The smallest absolute Gasteiger partial charge is 0.228 e. The molecule has 0 aromatic heterocycles. The van der Waals surface area contributed by atoms with Gasteiger partial charge < -0.3 is 10.4 Å². The maximum absolute atomic E-state index is 12.2. The molecule has 108 valence electrons. The Hall–Kier alpha value is -2.13. The van der Waals surface area contributed by atoms with E-state index in [0.29, 0.717) is 12.3 Å². The van der Waals surface area contributed by atoms with Crippen molar-refractivity contribution in [1.82, 2.24) is 0 Å². The number of nitrogens with one attached hydrogen (secondary N) is 1. The lowest BCUT2D eigenvalue weighted by Crippen LogP contribution is -2.14. The van der Waals surface area contributed by atoms with Gasteiger partial charge in [-0.2, -0.15) is 0 Å². The quantitative estimate of drug-likeness (QED) is 0.885. The first-order valence-electron chi connectivity index (χ1n) is 7.33. The Labute approximate surface area is 124 Å². The molecular formula is C18H19NO2. The molecule has 2 atom stereocenters. The first-order chi connectivity index (χ1) is 10.3. The fourth-order valence-electron chi connectivity index (χ4n) is 2.67. The summed E-state index contributed by atoms with van der Waals surface area (Å²) in [5.74, 6) is 0.545. The predicted molar refractivity (Wildman–Crippen MR) is 83.2 cm³/mol. The van der Waals surface area contributed by atoms with Crippen LogP contribution >= 0.6 is 0 Å². The molecule has 3 nitrogen and oxygen atoms in total. The number of benzene rings is 2. The van der Waals surface area contributed by atoms with Crippen molar-refractivity contribution in [3.05, 3.63) is 65.7 Å². The summed E-state index contributed by atoms with van der Waals surface area (Å²) < 4.78 is 0. The third-order valence-corrected chi connectivity index (χ3v) is 3.98. The van der Waals surface area contributed by atoms with Gasteiger partial charge in [0.05, 0.1) is 0 Å². The van der Waals surface area contributed by atoms with Crippen molar-refractivity contribution in [2.45, 2.75) is 18.8 Å². The van der Waals surface area contributed by atoms with E-state index in [0.717, 1.165) is 17.7 Å². The molecule has 1 saturated carbocycles. The molecule has 0 spiro atoms. The van der Waals surface area contributed by atoms with Crippen LogP contribution in [-0.4, -0.2) is 17.6 Å². The van der Waals surface area contributed by atoms with Crippen LogP contribution in [0.15, 0.2) is 54.6 Å². The van der Waals surface area contributed by atoms with E-state index >= 15 is 0 Å². The van der Waals surface area contributed by atoms with E-state index in [4.69, 9.17) is 5.11 Å². The predicted octanol–water partition coefficient (Wildman–Crippen LogP) is 2.96. The topological polar surface area (TPSA) is 49.3 Å². The van der Waals surface area contributed by atoms with Gasteiger partial charge in [0.2, 0.25) is 5.91 Å². The molecule has 0 unspecified atom stereocenters. The standard InChI is InChI=1S/C18H19NO2/c20-11-10-13-6-8-15(9-7-13)19-18(21)17-12-16(17)14-4-2-1-3-5-14/h1-9,16-17,20H,10-12H2,(H,19,21)/t16-,17+/m1/s1. The van der Waals surface area contributed by atoms with E-state index in [2.05, 4.69) is 17.4 Å². The SMILES string of the molecule is O=C(Nc1ccc(CCO)cc1)[C@H]1C[C@@H]1c1ccccc1. The number of hydrogen-bond donors (Lipinski definition) is 2. The summed E-state index contributed by atoms with van der Waals surface area (Å²) in [6.07, 6.45) is 1.57. The lowest BCUT2D eigenvalue weighted by Gasteiger charge is -2.06. The maximum Gasteiger partial charge on any atom is 0.228 e. The highest BCUT2D eigenvalue weighted by molar-refractivity contribution is 5.95. The van der Waals surface area contributed by atoms with Crippen LogP contribution in [0.3, 0.4) is 0 Å². The van der Waals surface area contributed by atoms with Crippen molar-refractivity contribution >= 4 is 11.6 Å². The van der Waals surface area contributed by atoms with Gasteiger partial charge in [-0.15, -0.1) is 0 Å². The van der Waals surface area contributed by atoms with E-state index in [1.54, 1.807) is 0 Å². The minimum Gasteiger partial charge on any atom is -0.396 e. The van der Waals surface area contributed by atoms with Gasteiger partial charge in [0.15, 0.2) is 0 Å². The van der Waals surface area contributed by atoms with Gasteiger partial charge in [-0.25, -0.2) is 0 Å². The van der Waals surface area contributed by atoms with Gasteiger partial charge in [0.1, 0.15) is 0 Å². The van der Waals surface area contributed by atoms with Gasteiger partial charge in [0.25, 0.3) is 0 Å². The third kappa shape index (κ3) is 3.31. The van der Waals surface area contributed by atoms with E-state index in [1.165, 1.54) is 5.56 Å². The normalized spacial score (nSPS) is 20.0. The van der Waals surface area contributed by atoms with Crippen molar-refractivity contribution in [3.63, 3.8) is 0 Å². The lowest BCUT2D eigenvalue weighted by molar-refractivity contribution is -0.117. The fourth-order valence-corrected chi connectivity index (χ4v) is 2.67. The van der Waals surface area contributed by atoms with Crippen LogP contribution in [0.1, 0.15) is 23.5 Å². The summed E-state index contributed by atoms with van der Waals surface area (Å²) in [4.78, 5) is 12.2. The molecule has 0 aliphatic heterocycles.